The highest BCUT2D eigenvalue weighted by atomic mass is 79.9. The maximum atomic E-state index is 13.0. The molecule has 1 fully saturated rings. The van der Waals surface area contributed by atoms with E-state index < -0.39 is 0 Å². The fourth-order valence-electron chi connectivity index (χ4n) is 1.69. The van der Waals surface area contributed by atoms with Crippen LogP contribution in [0, 0.1) is 11.7 Å². The van der Waals surface area contributed by atoms with E-state index in [1.54, 1.807) is 6.07 Å². The summed E-state index contributed by atoms with van der Waals surface area (Å²) in [5, 5.41) is 0. The summed E-state index contributed by atoms with van der Waals surface area (Å²) in [6.45, 7) is 0. The number of hydrogen-bond acceptors (Lipinski definition) is 1. The molecule has 14 heavy (non-hydrogen) atoms. The lowest BCUT2D eigenvalue weighted by Crippen LogP contribution is -2.25. The van der Waals surface area contributed by atoms with Crippen LogP contribution in [0.2, 0.25) is 0 Å². The molecule has 0 saturated heterocycles. The topological polar surface area (TPSA) is 26.0 Å². The molecule has 1 nitrogen and oxygen atoms in total. The van der Waals surface area contributed by atoms with Crippen molar-refractivity contribution in [2.24, 2.45) is 11.7 Å². The van der Waals surface area contributed by atoms with Gasteiger partial charge in [-0.2, -0.15) is 0 Å². The van der Waals surface area contributed by atoms with Crippen molar-refractivity contribution in [3.8, 4) is 0 Å². The van der Waals surface area contributed by atoms with E-state index in [0.29, 0.717) is 5.92 Å². The summed E-state index contributed by atoms with van der Waals surface area (Å²) < 4.78 is 13.8. The van der Waals surface area contributed by atoms with Gasteiger partial charge in [-0.05, 0) is 48.9 Å². The number of benzene rings is 1. The van der Waals surface area contributed by atoms with Crippen LogP contribution in [-0.4, -0.2) is 6.04 Å². The van der Waals surface area contributed by atoms with E-state index in [9.17, 15) is 4.39 Å². The van der Waals surface area contributed by atoms with E-state index in [1.807, 2.05) is 6.07 Å². The van der Waals surface area contributed by atoms with Crippen LogP contribution in [0.25, 0.3) is 0 Å². The monoisotopic (exact) mass is 257 g/mol. The van der Waals surface area contributed by atoms with Gasteiger partial charge >= 0.3 is 0 Å². The molecule has 0 spiro atoms. The summed E-state index contributed by atoms with van der Waals surface area (Å²) in [4.78, 5) is 0. The molecule has 1 atom stereocenters. The van der Waals surface area contributed by atoms with Crippen molar-refractivity contribution < 1.29 is 4.39 Å². The van der Waals surface area contributed by atoms with Crippen LogP contribution >= 0.6 is 15.9 Å². The second-order valence-electron chi connectivity index (χ2n) is 3.98. The zero-order chi connectivity index (χ0) is 10.1. The third kappa shape index (κ3) is 2.55. The van der Waals surface area contributed by atoms with Gasteiger partial charge in [0.2, 0.25) is 0 Å². The van der Waals surface area contributed by atoms with Gasteiger partial charge in [-0.25, -0.2) is 4.39 Å². The van der Waals surface area contributed by atoms with Gasteiger partial charge in [0.15, 0.2) is 0 Å². The van der Waals surface area contributed by atoms with E-state index in [4.69, 9.17) is 5.73 Å². The van der Waals surface area contributed by atoms with Gasteiger partial charge in [0.05, 0.1) is 0 Å². The standard InChI is InChI=1S/C11H13BrFN/c12-9-3-7(4-10(13)6-9)5-11(14)8-1-2-8/h3-4,6,8,11H,1-2,5,14H2. The average molecular weight is 258 g/mol. The Balaban J connectivity index is 2.07. The number of rotatable bonds is 3. The van der Waals surface area contributed by atoms with Crippen LogP contribution < -0.4 is 5.73 Å². The number of hydrogen-bond donors (Lipinski definition) is 1. The Morgan fingerprint density at radius 3 is 2.71 bits per heavy atom. The highest BCUT2D eigenvalue weighted by Gasteiger charge is 2.28. The van der Waals surface area contributed by atoms with Gasteiger partial charge in [-0.3, -0.25) is 0 Å². The van der Waals surface area contributed by atoms with E-state index in [2.05, 4.69) is 15.9 Å². The molecule has 2 N–H and O–H groups in total. The van der Waals surface area contributed by atoms with Gasteiger partial charge in [0, 0.05) is 10.5 Å². The molecule has 0 radical (unpaired) electrons. The largest absolute Gasteiger partial charge is 0.327 e. The van der Waals surface area contributed by atoms with Crippen LogP contribution in [0.3, 0.4) is 0 Å². The maximum absolute atomic E-state index is 13.0. The van der Waals surface area contributed by atoms with Gasteiger partial charge in [0.25, 0.3) is 0 Å². The third-order valence-corrected chi connectivity index (χ3v) is 3.08. The first-order valence-corrected chi connectivity index (χ1v) is 5.65. The summed E-state index contributed by atoms with van der Waals surface area (Å²) in [6, 6.07) is 5.16. The molecular weight excluding hydrogens is 245 g/mol. The predicted octanol–water partition coefficient (Wildman–Crippen LogP) is 2.87. The first kappa shape index (κ1) is 10.1. The van der Waals surface area contributed by atoms with E-state index in [-0.39, 0.29) is 11.9 Å². The Labute approximate surface area is 91.6 Å². The molecule has 3 heteroatoms. The van der Waals surface area contributed by atoms with E-state index in [0.717, 1.165) is 16.5 Å². The smallest absolute Gasteiger partial charge is 0.124 e. The zero-order valence-corrected chi connectivity index (χ0v) is 9.43. The van der Waals surface area contributed by atoms with E-state index >= 15 is 0 Å². The Morgan fingerprint density at radius 1 is 1.43 bits per heavy atom. The molecule has 1 saturated carbocycles. The van der Waals surface area contributed by atoms with Crippen LogP contribution in [0.1, 0.15) is 18.4 Å². The minimum Gasteiger partial charge on any atom is -0.327 e. The minimum atomic E-state index is -0.197. The van der Waals surface area contributed by atoms with Crippen molar-refractivity contribution in [2.75, 3.05) is 0 Å². The molecule has 1 aliphatic rings. The second kappa shape index (κ2) is 3.99. The first-order chi connectivity index (χ1) is 6.65. The third-order valence-electron chi connectivity index (χ3n) is 2.62. The second-order valence-corrected chi connectivity index (χ2v) is 4.90. The highest BCUT2D eigenvalue weighted by molar-refractivity contribution is 9.10. The summed E-state index contributed by atoms with van der Waals surface area (Å²) >= 11 is 3.27. The summed E-state index contributed by atoms with van der Waals surface area (Å²) in [5.41, 5.74) is 6.96. The van der Waals surface area contributed by atoms with Gasteiger partial charge < -0.3 is 5.73 Å². The highest BCUT2D eigenvalue weighted by Crippen LogP contribution is 2.33. The Hall–Kier alpha value is -0.410. The van der Waals surface area contributed by atoms with Gasteiger partial charge in [0.1, 0.15) is 5.82 Å². The van der Waals surface area contributed by atoms with Crippen LogP contribution in [0.5, 0.6) is 0 Å². The lowest BCUT2D eigenvalue weighted by atomic mass is 10.0. The molecule has 2 rings (SSSR count). The average Bonchev–Trinajstić information content (AvgIpc) is 2.82. The predicted molar refractivity (Wildman–Crippen MR) is 58.5 cm³/mol. The summed E-state index contributed by atoms with van der Waals surface area (Å²) in [6.07, 6.45) is 3.25. The SMILES string of the molecule is NC(Cc1cc(F)cc(Br)c1)C1CC1. The molecular formula is C11H13BrFN. The van der Waals surface area contributed by atoms with Gasteiger partial charge in [-0.15, -0.1) is 0 Å². The first-order valence-electron chi connectivity index (χ1n) is 4.85. The Kier molecular flexibility index (Phi) is 2.88. The number of nitrogens with two attached hydrogens (primary N) is 1. The van der Waals surface area contributed by atoms with Crippen LogP contribution in [0.15, 0.2) is 22.7 Å². The lowest BCUT2D eigenvalue weighted by molar-refractivity contribution is 0.583. The summed E-state index contributed by atoms with van der Waals surface area (Å²) in [7, 11) is 0. The van der Waals surface area contributed by atoms with Crippen molar-refractivity contribution in [1.29, 1.82) is 0 Å². The normalized spacial score (nSPS) is 18.2. The van der Waals surface area contributed by atoms with Crippen molar-refractivity contribution in [3.63, 3.8) is 0 Å². The van der Waals surface area contributed by atoms with Crippen LogP contribution in [-0.2, 0) is 6.42 Å². The molecule has 0 aromatic heterocycles. The Bertz CT molecular complexity index is 316. The zero-order valence-electron chi connectivity index (χ0n) is 7.84. The maximum Gasteiger partial charge on any atom is 0.124 e. The molecule has 76 valence electrons. The van der Waals surface area contributed by atoms with Crippen LogP contribution in [0.4, 0.5) is 4.39 Å². The van der Waals surface area contributed by atoms with Crippen molar-refractivity contribution in [3.05, 3.63) is 34.1 Å². The van der Waals surface area contributed by atoms with Crippen molar-refractivity contribution >= 4 is 15.9 Å². The van der Waals surface area contributed by atoms with Crippen molar-refractivity contribution in [2.45, 2.75) is 25.3 Å². The molecule has 0 aliphatic heterocycles. The molecule has 0 heterocycles. The quantitative estimate of drug-likeness (QED) is 0.886. The molecule has 0 amide bonds. The summed E-state index contributed by atoms with van der Waals surface area (Å²) in [5.74, 6) is 0.467. The minimum absolute atomic E-state index is 0.197. The number of halogens is 2. The molecule has 1 aromatic carbocycles. The molecule has 0 bridgehead atoms. The molecule has 1 aliphatic carbocycles. The fourth-order valence-corrected chi connectivity index (χ4v) is 2.20. The lowest BCUT2D eigenvalue weighted by Gasteiger charge is -2.10. The Morgan fingerprint density at radius 2 is 2.14 bits per heavy atom. The van der Waals surface area contributed by atoms with Crippen molar-refractivity contribution in [1.82, 2.24) is 0 Å². The fraction of sp³-hybridized carbons (Fsp3) is 0.455. The van der Waals surface area contributed by atoms with E-state index in [1.165, 1.54) is 18.9 Å². The molecule has 1 unspecified atom stereocenters. The van der Waals surface area contributed by atoms with Gasteiger partial charge in [-0.1, -0.05) is 15.9 Å². The molecule has 1 aromatic rings.